The van der Waals surface area contributed by atoms with Gasteiger partial charge in [0.15, 0.2) is 0 Å². The molecule has 1 aliphatic heterocycles. The Bertz CT molecular complexity index is 917. The molecule has 4 aliphatic rings. The molecular weight excluding hydrogens is 502 g/mol. The number of likely N-dealkylation sites (tertiary alicyclic amines) is 1. The zero-order valence-corrected chi connectivity index (χ0v) is 23.7. The maximum atomic E-state index is 10.3. The summed E-state index contributed by atoms with van der Waals surface area (Å²) in [7, 11) is 3.93. The molecule has 1 aromatic rings. The number of phenolic OH excluding ortho intramolecular Hbond substituents is 1. The van der Waals surface area contributed by atoms with Crippen molar-refractivity contribution in [2.45, 2.75) is 48.7 Å². The molecule has 2 spiro atoms. The minimum absolute atomic E-state index is 0.147. The van der Waals surface area contributed by atoms with Crippen molar-refractivity contribution in [1.82, 2.24) is 4.90 Å². The lowest BCUT2D eigenvalue weighted by Gasteiger charge is -2.58. The molecule has 2 bridgehead atoms. The monoisotopic (exact) mass is 549 g/mol. The van der Waals surface area contributed by atoms with Gasteiger partial charge in [0.05, 0.1) is 85.4 Å². The average molecular weight is 550 g/mol. The molecule has 1 N–H and O–H groups in total. The van der Waals surface area contributed by atoms with Gasteiger partial charge in [-0.1, -0.05) is 6.07 Å². The van der Waals surface area contributed by atoms with E-state index in [9.17, 15) is 5.11 Å². The molecule has 5 rings (SSSR count). The molecule has 39 heavy (non-hydrogen) atoms. The summed E-state index contributed by atoms with van der Waals surface area (Å²) in [6.07, 6.45) is 4.82. The van der Waals surface area contributed by atoms with E-state index in [1.165, 1.54) is 24.0 Å². The number of hydrogen-bond acceptors (Lipinski definition) is 9. The Morgan fingerprint density at radius 2 is 1.36 bits per heavy atom. The molecule has 0 radical (unpaired) electrons. The molecule has 5 atom stereocenters. The van der Waals surface area contributed by atoms with Gasteiger partial charge in [-0.05, 0) is 61.9 Å². The van der Waals surface area contributed by atoms with E-state index in [1.807, 2.05) is 6.07 Å². The average Bonchev–Trinajstić information content (AvgIpc) is 3.33. The first-order chi connectivity index (χ1) is 19.1. The van der Waals surface area contributed by atoms with Crippen LogP contribution in [0.3, 0.4) is 0 Å². The number of ether oxygens (including phenoxy) is 7. The minimum Gasteiger partial charge on any atom is -0.508 e. The van der Waals surface area contributed by atoms with Gasteiger partial charge in [0, 0.05) is 30.5 Å². The molecule has 9 heteroatoms. The summed E-state index contributed by atoms with van der Waals surface area (Å²) in [6, 6.07) is 6.77. The zero-order valence-electron chi connectivity index (χ0n) is 23.7. The lowest BCUT2D eigenvalue weighted by atomic mass is 9.58. The van der Waals surface area contributed by atoms with Gasteiger partial charge in [0.1, 0.15) is 5.75 Å². The second-order valence-electron chi connectivity index (χ2n) is 11.5. The maximum absolute atomic E-state index is 10.3. The van der Waals surface area contributed by atoms with Crippen LogP contribution < -0.4 is 0 Å². The molecular formula is C30H47NO8. The number of likely N-dealkylation sites (N-methyl/N-ethyl adjacent to an activating group) is 1. The van der Waals surface area contributed by atoms with Gasteiger partial charge in [-0.2, -0.15) is 0 Å². The van der Waals surface area contributed by atoms with Crippen LogP contribution in [0.2, 0.25) is 0 Å². The third-order valence-electron chi connectivity index (χ3n) is 9.26. The van der Waals surface area contributed by atoms with E-state index in [0.717, 1.165) is 19.4 Å². The summed E-state index contributed by atoms with van der Waals surface area (Å²) in [5.74, 6) is 1.06. The van der Waals surface area contributed by atoms with Gasteiger partial charge >= 0.3 is 0 Å². The zero-order chi connectivity index (χ0) is 27.1. The van der Waals surface area contributed by atoms with Crippen molar-refractivity contribution < 1.29 is 38.3 Å². The summed E-state index contributed by atoms with van der Waals surface area (Å²) in [5, 5.41) is 10.3. The number of hydrogen-bond donors (Lipinski definition) is 1. The molecule has 9 nitrogen and oxygen atoms in total. The number of rotatable bonds is 19. The Balaban J connectivity index is 0.902. The first kappa shape index (κ1) is 29.2. The molecule has 1 heterocycles. The Labute approximate surface area is 233 Å². The number of phenols is 1. The molecule has 2 unspecified atom stereocenters. The van der Waals surface area contributed by atoms with Crippen molar-refractivity contribution in [2.24, 2.45) is 5.92 Å². The number of fused-ring (bicyclic) bond motifs is 2. The van der Waals surface area contributed by atoms with Crippen LogP contribution in [0.1, 0.15) is 36.8 Å². The van der Waals surface area contributed by atoms with Crippen LogP contribution in [0.4, 0.5) is 0 Å². The quantitative estimate of drug-likeness (QED) is 0.262. The number of methoxy groups -OCH3 is 1. The second kappa shape index (κ2) is 13.6. The van der Waals surface area contributed by atoms with Gasteiger partial charge in [0.2, 0.25) is 0 Å². The number of benzene rings is 1. The highest BCUT2D eigenvalue weighted by molar-refractivity contribution is 5.58. The van der Waals surface area contributed by atoms with E-state index < -0.39 is 0 Å². The summed E-state index contributed by atoms with van der Waals surface area (Å²) < 4.78 is 38.8. The first-order valence-corrected chi connectivity index (χ1v) is 14.6. The number of aromatic hydroxyl groups is 1. The van der Waals surface area contributed by atoms with Crippen LogP contribution in [0, 0.1) is 5.92 Å². The fourth-order valence-electron chi connectivity index (χ4n) is 7.99. The molecule has 1 aromatic carbocycles. The summed E-state index contributed by atoms with van der Waals surface area (Å²) >= 11 is 0. The maximum Gasteiger partial charge on any atom is 0.115 e. The predicted octanol–water partition coefficient (Wildman–Crippen LogP) is 2.51. The Morgan fingerprint density at radius 3 is 1.95 bits per heavy atom. The smallest absolute Gasteiger partial charge is 0.115 e. The van der Waals surface area contributed by atoms with Crippen LogP contribution in [-0.2, 0) is 44.0 Å². The third-order valence-corrected chi connectivity index (χ3v) is 9.26. The van der Waals surface area contributed by atoms with Crippen molar-refractivity contribution in [2.75, 3.05) is 100.0 Å². The molecule has 3 aliphatic carbocycles. The summed E-state index contributed by atoms with van der Waals surface area (Å²) in [4.78, 5) is 2.56. The summed E-state index contributed by atoms with van der Waals surface area (Å²) in [5.41, 5.74) is 3.33. The molecule has 0 amide bonds. The van der Waals surface area contributed by atoms with Gasteiger partial charge in [-0.25, -0.2) is 0 Å². The van der Waals surface area contributed by atoms with Crippen LogP contribution in [-0.4, -0.2) is 122 Å². The van der Waals surface area contributed by atoms with Crippen LogP contribution in [0.15, 0.2) is 18.2 Å². The molecule has 3 fully saturated rings. The SMILES string of the molecule is COCCOCCOCCOCCOCCOCCO[C@H]1CC[C@H]2C3N(C)C[C@]34CC2(C1)c1cc(O)ccc14. The van der Waals surface area contributed by atoms with E-state index in [4.69, 9.17) is 33.2 Å². The van der Waals surface area contributed by atoms with Crippen LogP contribution >= 0.6 is 0 Å². The van der Waals surface area contributed by atoms with E-state index >= 15 is 0 Å². The highest BCUT2D eigenvalue weighted by Crippen LogP contribution is 2.72. The van der Waals surface area contributed by atoms with E-state index in [-0.39, 0.29) is 11.5 Å². The largest absolute Gasteiger partial charge is 0.508 e. The van der Waals surface area contributed by atoms with Crippen molar-refractivity contribution in [1.29, 1.82) is 0 Å². The molecule has 220 valence electrons. The summed E-state index contributed by atoms with van der Waals surface area (Å²) in [6.45, 7) is 7.91. The lowest BCUT2D eigenvalue weighted by Crippen LogP contribution is -2.66. The van der Waals surface area contributed by atoms with Crippen molar-refractivity contribution in [3.05, 3.63) is 29.3 Å². The van der Waals surface area contributed by atoms with Gasteiger partial charge in [-0.15, -0.1) is 0 Å². The Morgan fingerprint density at radius 1 is 0.769 bits per heavy atom. The van der Waals surface area contributed by atoms with Crippen molar-refractivity contribution in [3.63, 3.8) is 0 Å². The predicted molar refractivity (Wildman–Crippen MR) is 146 cm³/mol. The van der Waals surface area contributed by atoms with Gasteiger partial charge < -0.3 is 43.2 Å². The molecule has 2 saturated carbocycles. The van der Waals surface area contributed by atoms with Crippen molar-refractivity contribution in [3.8, 4) is 5.75 Å². The number of nitrogens with zero attached hydrogens (tertiary/aromatic N) is 1. The second-order valence-corrected chi connectivity index (χ2v) is 11.5. The fourth-order valence-corrected chi connectivity index (χ4v) is 7.99. The normalized spacial score (nSPS) is 30.7. The first-order valence-electron chi connectivity index (χ1n) is 14.6. The Hall–Kier alpha value is -1.30. The van der Waals surface area contributed by atoms with Crippen molar-refractivity contribution >= 4 is 0 Å². The lowest BCUT2D eigenvalue weighted by molar-refractivity contribution is -0.0572. The third kappa shape index (κ3) is 6.16. The van der Waals surface area contributed by atoms with Crippen LogP contribution in [0.25, 0.3) is 0 Å². The van der Waals surface area contributed by atoms with Gasteiger partial charge in [-0.3, -0.25) is 0 Å². The van der Waals surface area contributed by atoms with Gasteiger partial charge in [0.25, 0.3) is 0 Å². The van der Waals surface area contributed by atoms with E-state index in [0.29, 0.717) is 102 Å². The molecule has 1 saturated heterocycles. The standard InChI is InChI=1S/C30H47NO8/c1-31-22-30-21-29(27-19-23(32)3-5-25(27)30)20-24(4-6-26(29)28(30)31)39-18-17-38-16-15-37-14-13-36-12-11-35-10-9-34-8-7-33-2/h3,5,19,24,26,28,32H,4,6-18,20-22H2,1-2H3/t24-,26-,28?,29?,30-/m0/s1. The minimum atomic E-state index is 0.147. The van der Waals surface area contributed by atoms with E-state index in [1.54, 1.807) is 7.11 Å². The van der Waals surface area contributed by atoms with E-state index in [2.05, 4.69) is 24.1 Å². The Kier molecular flexibility index (Phi) is 10.2. The van der Waals surface area contributed by atoms with Crippen LogP contribution in [0.5, 0.6) is 5.75 Å². The topological polar surface area (TPSA) is 88.1 Å². The highest BCUT2D eigenvalue weighted by Gasteiger charge is 2.74. The molecule has 0 aromatic heterocycles. The highest BCUT2D eigenvalue weighted by atomic mass is 16.6. The fraction of sp³-hybridized carbons (Fsp3) is 0.800.